The summed E-state index contributed by atoms with van der Waals surface area (Å²) in [5, 5.41) is 9.09. The van der Waals surface area contributed by atoms with E-state index >= 15 is 0 Å². The molecule has 1 N–H and O–H groups in total. The van der Waals surface area contributed by atoms with Crippen molar-refractivity contribution in [2.45, 2.75) is 38.0 Å². The molecule has 1 aliphatic rings. The Bertz CT molecular complexity index is 878. The molecule has 2 aromatic rings. The summed E-state index contributed by atoms with van der Waals surface area (Å²) in [6.07, 6.45) is -1.75. The molecule has 5 nitrogen and oxygen atoms in total. The fourth-order valence-electron chi connectivity index (χ4n) is 2.96. The van der Waals surface area contributed by atoms with Crippen LogP contribution >= 0.6 is 0 Å². The van der Waals surface area contributed by atoms with Gasteiger partial charge in [0.2, 0.25) is 0 Å². The van der Waals surface area contributed by atoms with Gasteiger partial charge < -0.3 is 10.0 Å². The normalized spacial score (nSPS) is 15.3. The topological polar surface area (TPSA) is 70.5 Å². The number of carboxylic acids is 1. The summed E-state index contributed by atoms with van der Waals surface area (Å²) in [6, 6.07) is 6.62. The lowest BCUT2D eigenvalue weighted by Gasteiger charge is -2.30. The highest BCUT2D eigenvalue weighted by Crippen LogP contribution is 2.37. The number of halogens is 3. The number of pyridine rings is 1. The van der Waals surface area contributed by atoms with E-state index < -0.39 is 29.7 Å². The molecule has 1 aliphatic carbocycles. The number of alkyl halides is 3. The van der Waals surface area contributed by atoms with Crippen LogP contribution in [0, 0.1) is 0 Å². The van der Waals surface area contributed by atoms with Crippen LogP contribution in [0.1, 0.15) is 57.8 Å². The van der Waals surface area contributed by atoms with Crippen LogP contribution in [0.25, 0.3) is 0 Å². The third kappa shape index (κ3) is 4.10. The lowest BCUT2D eigenvalue weighted by molar-refractivity contribution is -0.137. The summed E-state index contributed by atoms with van der Waals surface area (Å²) in [5.74, 6) is -1.68. The van der Waals surface area contributed by atoms with E-state index in [0.29, 0.717) is 5.56 Å². The van der Waals surface area contributed by atoms with E-state index in [1.165, 1.54) is 29.3 Å². The van der Waals surface area contributed by atoms with Gasteiger partial charge in [0.05, 0.1) is 17.2 Å². The average Bonchev–Trinajstić information content (AvgIpc) is 3.46. The first-order valence-corrected chi connectivity index (χ1v) is 8.37. The number of carbonyl (C=O) groups is 2. The Morgan fingerprint density at radius 1 is 1.22 bits per heavy atom. The van der Waals surface area contributed by atoms with Crippen LogP contribution in [0.3, 0.4) is 0 Å². The number of hydrogen-bond acceptors (Lipinski definition) is 3. The van der Waals surface area contributed by atoms with Crippen molar-refractivity contribution in [3.63, 3.8) is 0 Å². The Kier molecular flexibility index (Phi) is 4.91. The molecule has 1 saturated carbocycles. The molecule has 1 amide bonds. The Morgan fingerprint density at radius 2 is 1.93 bits per heavy atom. The molecule has 27 heavy (non-hydrogen) atoms. The fourth-order valence-corrected chi connectivity index (χ4v) is 2.96. The number of benzene rings is 1. The number of carboxylic acid groups (broad SMARTS) is 1. The van der Waals surface area contributed by atoms with Crippen LogP contribution in [0.15, 0.2) is 42.6 Å². The van der Waals surface area contributed by atoms with Crippen molar-refractivity contribution in [1.29, 1.82) is 0 Å². The van der Waals surface area contributed by atoms with Crippen LogP contribution in [0.2, 0.25) is 0 Å². The number of nitrogens with zero attached hydrogens (tertiary/aromatic N) is 2. The van der Waals surface area contributed by atoms with Crippen LogP contribution in [0.4, 0.5) is 13.2 Å². The van der Waals surface area contributed by atoms with Crippen LogP contribution < -0.4 is 0 Å². The zero-order valence-corrected chi connectivity index (χ0v) is 14.4. The third-order valence-electron chi connectivity index (χ3n) is 4.51. The van der Waals surface area contributed by atoms with Gasteiger partial charge in [0.15, 0.2) is 0 Å². The SMILES string of the molecule is CC(c1cccc(C(F)(F)F)c1)N(C(=O)c1cc(C(=O)O)ccn1)C1CC1. The van der Waals surface area contributed by atoms with Gasteiger partial charge >= 0.3 is 12.1 Å². The molecule has 1 fully saturated rings. The molecular weight excluding hydrogens is 361 g/mol. The van der Waals surface area contributed by atoms with Gasteiger partial charge in [-0.05, 0) is 49.6 Å². The van der Waals surface area contributed by atoms with Crippen LogP contribution in [0.5, 0.6) is 0 Å². The molecule has 3 rings (SSSR count). The smallest absolute Gasteiger partial charge is 0.416 e. The van der Waals surface area contributed by atoms with Gasteiger partial charge in [-0.15, -0.1) is 0 Å². The molecule has 0 aliphatic heterocycles. The highest BCUT2D eigenvalue weighted by Gasteiger charge is 2.38. The average molecular weight is 378 g/mol. The molecule has 8 heteroatoms. The van der Waals surface area contributed by atoms with E-state index in [1.54, 1.807) is 13.0 Å². The maximum Gasteiger partial charge on any atom is 0.416 e. The van der Waals surface area contributed by atoms with E-state index in [1.807, 2.05) is 0 Å². The van der Waals surface area contributed by atoms with Crippen molar-refractivity contribution in [2.75, 3.05) is 0 Å². The number of carbonyl (C=O) groups excluding carboxylic acids is 1. The first kappa shape index (κ1) is 18.9. The first-order chi connectivity index (χ1) is 12.7. The van der Waals surface area contributed by atoms with Crippen LogP contribution in [-0.2, 0) is 6.18 Å². The van der Waals surface area contributed by atoms with Crippen molar-refractivity contribution < 1.29 is 27.9 Å². The lowest BCUT2D eigenvalue weighted by Crippen LogP contribution is -2.36. The monoisotopic (exact) mass is 378 g/mol. The van der Waals surface area contributed by atoms with Gasteiger partial charge in [-0.3, -0.25) is 9.78 Å². The zero-order chi connectivity index (χ0) is 19.8. The second kappa shape index (κ2) is 7.02. The number of rotatable bonds is 5. The van der Waals surface area contributed by atoms with E-state index in [0.717, 1.165) is 25.0 Å². The van der Waals surface area contributed by atoms with Gasteiger partial charge in [-0.25, -0.2) is 4.79 Å². The molecule has 0 radical (unpaired) electrons. The number of hydrogen-bond donors (Lipinski definition) is 1. The van der Waals surface area contributed by atoms with Gasteiger partial charge in [0.1, 0.15) is 5.69 Å². The molecule has 0 bridgehead atoms. The van der Waals surface area contributed by atoms with Crippen molar-refractivity contribution in [3.05, 3.63) is 65.0 Å². The molecule has 1 aromatic carbocycles. The van der Waals surface area contributed by atoms with E-state index in [4.69, 9.17) is 5.11 Å². The van der Waals surface area contributed by atoms with Gasteiger partial charge in [-0.2, -0.15) is 13.2 Å². The first-order valence-electron chi connectivity index (χ1n) is 8.37. The summed E-state index contributed by atoms with van der Waals surface area (Å²) >= 11 is 0. The summed E-state index contributed by atoms with van der Waals surface area (Å²) in [5.41, 5.74) is -0.531. The second-order valence-corrected chi connectivity index (χ2v) is 6.48. The molecule has 1 unspecified atom stereocenters. The van der Waals surface area contributed by atoms with E-state index in [2.05, 4.69) is 4.98 Å². The Balaban J connectivity index is 1.93. The number of aromatic carboxylic acids is 1. The molecular formula is C19H17F3N2O3. The summed E-state index contributed by atoms with van der Waals surface area (Å²) in [6.45, 7) is 1.66. The predicted molar refractivity (Wildman–Crippen MR) is 90.2 cm³/mol. The minimum absolute atomic E-state index is 0.0411. The summed E-state index contributed by atoms with van der Waals surface area (Å²) < 4.78 is 39.0. The second-order valence-electron chi connectivity index (χ2n) is 6.48. The molecule has 0 spiro atoms. The Morgan fingerprint density at radius 3 is 2.52 bits per heavy atom. The largest absolute Gasteiger partial charge is 0.478 e. The third-order valence-corrected chi connectivity index (χ3v) is 4.51. The minimum Gasteiger partial charge on any atom is -0.478 e. The minimum atomic E-state index is -4.47. The number of amides is 1. The molecule has 1 heterocycles. The van der Waals surface area contributed by atoms with Crippen molar-refractivity contribution in [3.8, 4) is 0 Å². The van der Waals surface area contributed by atoms with Crippen LogP contribution in [-0.4, -0.2) is 32.9 Å². The standard InChI is InChI=1S/C19H17F3N2O3/c1-11(12-3-2-4-14(9-12)19(20,21)22)24(15-5-6-15)17(25)16-10-13(18(26)27)7-8-23-16/h2-4,7-11,15H,5-6H2,1H3,(H,26,27). The zero-order valence-electron chi connectivity index (χ0n) is 14.4. The highest BCUT2D eigenvalue weighted by molar-refractivity contribution is 5.96. The van der Waals surface area contributed by atoms with Crippen molar-refractivity contribution in [2.24, 2.45) is 0 Å². The van der Waals surface area contributed by atoms with E-state index in [-0.39, 0.29) is 17.3 Å². The predicted octanol–water partition coefficient (Wildman–Crippen LogP) is 4.16. The molecule has 1 atom stereocenters. The fraction of sp³-hybridized carbons (Fsp3) is 0.316. The molecule has 0 saturated heterocycles. The maximum atomic E-state index is 13.0. The Hall–Kier alpha value is -2.90. The maximum absolute atomic E-state index is 13.0. The van der Waals surface area contributed by atoms with Gasteiger partial charge in [0.25, 0.3) is 5.91 Å². The quantitative estimate of drug-likeness (QED) is 0.848. The Labute approximate surface area is 153 Å². The molecule has 1 aromatic heterocycles. The summed E-state index contributed by atoms with van der Waals surface area (Å²) in [7, 11) is 0. The summed E-state index contributed by atoms with van der Waals surface area (Å²) in [4.78, 5) is 29.5. The van der Waals surface area contributed by atoms with E-state index in [9.17, 15) is 22.8 Å². The van der Waals surface area contributed by atoms with Crippen molar-refractivity contribution >= 4 is 11.9 Å². The van der Waals surface area contributed by atoms with Gasteiger partial charge in [-0.1, -0.05) is 12.1 Å². The highest BCUT2D eigenvalue weighted by atomic mass is 19.4. The lowest BCUT2D eigenvalue weighted by atomic mass is 10.0. The van der Waals surface area contributed by atoms with Crippen molar-refractivity contribution in [1.82, 2.24) is 9.88 Å². The van der Waals surface area contributed by atoms with Gasteiger partial charge in [0, 0.05) is 12.2 Å². The molecule has 142 valence electrons. The number of aromatic nitrogens is 1.